The van der Waals surface area contributed by atoms with Gasteiger partial charge in [-0.1, -0.05) is 18.2 Å². The lowest BCUT2D eigenvalue weighted by atomic mass is 10.1. The van der Waals surface area contributed by atoms with Crippen LogP contribution >= 0.6 is 0 Å². The van der Waals surface area contributed by atoms with E-state index in [1.807, 2.05) is 25.2 Å². The number of likely N-dealkylation sites (N-methyl/N-ethyl adjacent to an activating group) is 1. The predicted molar refractivity (Wildman–Crippen MR) is 81.8 cm³/mol. The first-order chi connectivity index (χ1) is 9.61. The number of nitrogens with zero attached hydrogens (tertiary/aromatic N) is 1. The second-order valence-electron chi connectivity index (χ2n) is 5.41. The minimum absolute atomic E-state index is 0.200. The highest BCUT2D eigenvalue weighted by Crippen LogP contribution is 2.24. The molecule has 1 aromatic heterocycles. The quantitative estimate of drug-likeness (QED) is 0.813. The molecule has 1 heterocycles. The maximum atomic E-state index is 8.90. The van der Waals surface area contributed by atoms with E-state index in [-0.39, 0.29) is 6.61 Å². The van der Waals surface area contributed by atoms with E-state index >= 15 is 0 Å². The first-order valence-electron chi connectivity index (χ1n) is 7.11. The highest BCUT2D eigenvalue weighted by molar-refractivity contribution is 5.81. The zero-order valence-electron chi connectivity index (χ0n) is 12.5. The fourth-order valence-electron chi connectivity index (χ4n) is 2.45. The van der Waals surface area contributed by atoms with Gasteiger partial charge in [0.1, 0.15) is 11.3 Å². The zero-order chi connectivity index (χ0) is 14.5. The van der Waals surface area contributed by atoms with Gasteiger partial charge in [-0.05, 0) is 32.5 Å². The average molecular weight is 276 g/mol. The van der Waals surface area contributed by atoms with Gasteiger partial charge in [0.25, 0.3) is 0 Å². The van der Waals surface area contributed by atoms with Crippen molar-refractivity contribution >= 4 is 11.0 Å². The predicted octanol–water partition coefficient (Wildman–Crippen LogP) is 2.14. The number of nitrogens with one attached hydrogen (secondary N) is 1. The Morgan fingerprint density at radius 3 is 2.80 bits per heavy atom. The summed E-state index contributed by atoms with van der Waals surface area (Å²) >= 11 is 0. The molecule has 2 rings (SSSR count). The van der Waals surface area contributed by atoms with Crippen LogP contribution in [0.1, 0.15) is 18.2 Å². The van der Waals surface area contributed by atoms with Crippen molar-refractivity contribution in [3.8, 4) is 0 Å². The van der Waals surface area contributed by atoms with Crippen molar-refractivity contribution in [3.63, 3.8) is 0 Å². The summed E-state index contributed by atoms with van der Waals surface area (Å²) in [5.74, 6) is 1.00. The largest absolute Gasteiger partial charge is 0.459 e. The average Bonchev–Trinajstić information content (AvgIpc) is 2.74. The van der Waals surface area contributed by atoms with Crippen molar-refractivity contribution in [1.29, 1.82) is 0 Å². The third-order valence-corrected chi connectivity index (χ3v) is 3.62. The third kappa shape index (κ3) is 3.60. The Bertz CT molecular complexity index is 550. The van der Waals surface area contributed by atoms with E-state index in [1.165, 1.54) is 10.9 Å². The lowest BCUT2D eigenvalue weighted by Crippen LogP contribution is -2.38. The summed E-state index contributed by atoms with van der Waals surface area (Å²) in [6.07, 6.45) is 0. The SMILES string of the molecule is Cc1c(CNC(C)CN(C)CCO)oc2ccccc12. The molecular formula is C16H24N2O2. The summed E-state index contributed by atoms with van der Waals surface area (Å²) in [5.41, 5.74) is 2.16. The molecule has 1 atom stereocenters. The van der Waals surface area contributed by atoms with Crippen LogP contribution in [0.15, 0.2) is 28.7 Å². The number of rotatable bonds is 7. The minimum atomic E-state index is 0.200. The molecule has 0 spiro atoms. The number of benzene rings is 1. The number of hydrogen-bond acceptors (Lipinski definition) is 4. The number of aliphatic hydroxyl groups is 1. The molecule has 20 heavy (non-hydrogen) atoms. The van der Waals surface area contributed by atoms with Crippen LogP contribution in [0.4, 0.5) is 0 Å². The number of furan rings is 1. The minimum Gasteiger partial charge on any atom is -0.459 e. The van der Waals surface area contributed by atoms with E-state index in [1.54, 1.807) is 0 Å². The Hall–Kier alpha value is -1.36. The molecule has 0 aliphatic carbocycles. The van der Waals surface area contributed by atoms with Gasteiger partial charge in [0.2, 0.25) is 0 Å². The van der Waals surface area contributed by atoms with Crippen LogP contribution in [0.5, 0.6) is 0 Å². The van der Waals surface area contributed by atoms with Gasteiger partial charge in [-0.15, -0.1) is 0 Å². The Morgan fingerprint density at radius 1 is 1.35 bits per heavy atom. The molecule has 0 radical (unpaired) electrons. The second kappa shape index (κ2) is 6.88. The van der Waals surface area contributed by atoms with Crippen LogP contribution in [-0.2, 0) is 6.54 Å². The Labute approximate surface area is 120 Å². The summed E-state index contributed by atoms with van der Waals surface area (Å²) < 4.78 is 5.89. The van der Waals surface area contributed by atoms with Gasteiger partial charge in [0, 0.05) is 24.5 Å². The molecule has 1 aromatic carbocycles. The lowest BCUT2D eigenvalue weighted by molar-refractivity contribution is 0.210. The van der Waals surface area contributed by atoms with Gasteiger partial charge >= 0.3 is 0 Å². The molecule has 2 N–H and O–H groups in total. The molecule has 4 nitrogen and oxygen atoms in total. The first kappa shape index (κ1) is 15.0. The van der Waals surface area contributed by atoms with Crippen molar-refractivity contribution in [3.05, 3.63) is 35.6 Å². The molecule has 0 amide bonds. The lowest BCUT2D eigenvalue weighted by Gasteiger charge is -2.21. The number of hydrogen-bond donors (Lipinski definition) is 2. The van der Waals surface area contributed by atoms with E-state index in [0.29, 0.717) is 12.6 Å². The van der Waals surface area contributed by atoms with E-state index < -0.39 is 0 Å². The molecule has 4 heteroatoms. The van der Waals surface area contributed by atoms with E-state index in [4.69, 9.17) is 9.52 Å². The molecule has 0 saturated carbocycles. The Morgan fingerprint density at radius 2 is 2.10 bits per heavy atom. The second-order valence-corrected chi connectivity index (χ2v) is 5.41. The summed E-state index contributed by atoms with van der Waals surface area (Å²) in [4.78, 5) is 2.11. The number of fused-ring (bicyclic) bond motifs is 1. The molecule has 0 aliphatic rings. The Kier molecular flexibility index (Phi) is 5.17. The van der Waals surface area contributed by atoms with Gasteiger partial charge in [0.05, 0.1) is 13.2 Å². The van der Waals surface area contributed by atoms with Gasteiger partial charge in [0.15, 0.2) is 0 Å². The third-order valence-electron chi connectivity index (χ3n) is 3.62. The topological polar surface area (TPSA) is 48.6 Å². The molecule has 0 fully saturated rings. The first-order valence-corrected chi connectivity index (χ1v) is 7.11. The van der Waals surface area contributed by atoms with Crippen LogP contribution < -0.4 is 5.32 Å². The smallest absolute Gasteiger partial charge is 0.134 e. The maximum absolute atomic E-state index is 8.90. The molecule has 1 unspecified atom stereocenters. The van der Waals surface area contributed by atoms with Crippen molar-refractivity contribution < 1.29 is 9.52 Å². The van der Waals surface area contributed by atoms with Gasteiger partial charge < -0.3 is 19.7 Å². The van der Waals surface area contributed by atoms with E-state index in [9.17, 15) is 0 Å². The van der Waals surface area contributed by atoms with Crippen LogP contribution in [0.25, 0.3) is 11.0 Å². The van der Waals surface area contributed by atoms with E-state index in [0.717, 1.165) is 24.4 Å². The molecule has 0 bridgehead atoms. The standard InChI is InChI=1S/C16H24N2O2/c1-12(11-18(3)8-9-19)17-10-16-13(2)14-6-4-5-7-15(14)20-16/h4-7,12,17,19H,8-11H2,1-3H3. The fraction of sp³-hybridized carbons (Fsp3) is 0.500. The molecule has 110 valence electrons. The summed E-state index contributed by atoms with van der Waals surface area (Å²) in [5, 5.41) is 13.6. The number of aryl methyl sites for hydroxylation is 1. The van der Waals surface area contributed by atoms with Crippen molar-refractivity contribution in [1.82, 2.24) is 10.2 Å². The highest BCUT2D eigenvalue weighted by atomic mass is 16.3. The van der Waals surface area contributed by atoms with Crippen molar-refractivity contribution in [2.45, 2.75) is 26.4 Å². The maximum Gasteiger partial charge on any atom is 0.134 e. The summed E-state index contributed by atoms with van der Waals surface area (Å²) in [6, 6.07) is 8.48. The zero-order valence-corrected chi connectivity index (χ0v) is 12.5. The van der Waals surface area contributed by atoms with E-state index in [2.05, 4.69) is 30.1 Å². The van der Waals surface area contributed by atoms with Crippen molar-refractivity contribution in [2.75, 3.05) is 26.7 Å². The number of para-hydroxylation sites is 1. The number of aliphatic hydroxyl groups excluding tert-OH is 1. The summed E-state index contributed by atoms with van der Waals surface area (Å²) in [6.45, 7) is 6.79. The molecule has 2 aromatic rings. The molecule has 0 aliphatic heterocycles. The molecule has 0 saturated heterocycles. The fourth-order valence-corrected chi connectivity index (χ4v) is 2.45. The van der Waals surface area contributed by atoms with Crippen molar-refractivity contribution in [2.24, 2.45) is 0 Å². The highest BCUT2D eigenvalue weighted by Gasteiger charge is 2.11. The van der Waals surface area contributed by atoms with Gasteiger partial charge in [-0.2, -0.15) is 0 Å². The summed E-state index contributed by atoms with van der Waals surface area (Å²) in [7, 11) is 2.01. The normalized spacial score (nSPS) is 13.2. The van der Waals surface area contributed by atoms with Crippen LogP contribution in [0.3, 0.4) is 0 Å². The van der Waals surface area contributed by atoms with Gasteiger partial charge in [-0.3, -0.25) is 0 Å². The van der Waals surface area contributed by atoms with Crippen LogP contribution in [-0.4, -0.2) is 42.8 Å². The van der Waals surface area contributed by atoms with Crippen LogP contribution in [0, 0.1) is 6.92 Å². The molecular weight excluding hydrogens is 252 g/mol. The van der Waals surface area contributed by atoms with Gasteiger partial charge in [-0.25, -0.2) is 0 Å². The monoisotopic (exact) mass is 276 g/mol. The Balaban J connectivity index is 1.94. The van der Waals surface area contributed by atoms with Crippen LogP contribution in [0.2, 0.25) is 0 Å².